The average Bonchev–Trinajstić information content (AvgIpc) is 3.60. The summed E-state index contributed by atoms with van der Waals surface area (Å²) in [4.78, 5) is 37.0. The second-order valence-corrected chi connectivity index (χ2v) is 9.22. The summed E-state index contributed by atoms with van der Waals surface area (Å²) < 4.78 is 7.66. The number of aromatic nitrogens is 4. The minimum atomic E-state index is -0.410. The van der Waals surface area contributed by atoms with Gasteiger partial charge in [-0.1, -0.05) is 18.2 Å². The van der Waals surface area contributed by atoms with Crippen LogP contribution in [-0.2, 0) is 0 Å². The summed E-state index contributed by atoms with van der Waals surface area (Å²) in [6.45, 7) is 4.57. The number of para-hydroxylation sites is 1. The Morgan fingerprint density at radius 2 is 1.87 bits per heavy atom. The number of H-pyrrole nitrogens is 1. The molecule has 2 heterocycles. The molecule has 0 saturated heterocycles. The molecule has 2 saturated carbocycles. The van der Waals surface area contributed by atoms with Gasteiger partial charge in [0, 0.05) is 17.7 Å². The van der Waals surface area contributed by atoms with Crippen LogP contribution in [0.4, 0.5) is 0 Å². The molecular formula is C22H24N4O3S. The first-order chi connectivity index (χ1) is 14.5. The van der Waals surface area contributed by atoms with Crippen molar-refractivity contribution in [2.45, 2.75) is 56.5 Å². The van der Waals surface area contributed by atoms with Crippen LogP contribution < -0.4 is 16.0 Å². The molecule has 2 aliphatic rings. The van der Waals surface area contributed by atoms with E-state index >= 15 is 0 Å². The van der Waals surface area contributed by atoms with Crippen molar-refractivity contribution >= 4 is 22.8 Å². The number of rotatable bonds is 7. The van der Waals surface area contributed by atoms with Crippen molar-refractivity contribution in [2.75, 3.05) is 12.4 Å². The standard InChI is InChI=1S/C22H24N4O3S/c1-12-4-3-5-13(2)17(12)29-10-11-30-21-16-19(23-18(24-21)14-6-7-14)26(15-8-9-15)22(28)25-20(16)27/h3-5,14-15H,6-11H2,1-2H3,(H,25,27,28). The topological polar surface area (TPSA) is 89.9 Å². The van der Waals surface area contributed by atoms with Gasteiger partial charge in [0.2, 0.25) is 0 Å². The third-order valence-electron chi connectivity index (χ3n) is 5.60. The summed E-state index contributed by atoms with van der Waals surface area (Å²) in [6.07, 6.45) is 4.00. The monoisotopic (exact) mass is 424 g/mol. The molecule has 30 heavy (non-hydrogen) atoms. The van der Waals surface area contributed by atoms with Crippen LogP contribution >= 0.6 is 11.8 Å². The number of nitrogens with one attached hydrogen (secondary N) is 1. The van der Waals surface area contributed by atoms with Gasteiger partial charge in [-0.25, -0.2) is 14.8 Å². The number of ether oxygens (including phenoxy) is 1. The first-order valence-electron chi connectivity index (χ1n) is 10.4. The van der Waals surface area contributed by atoms with Crippen molar-refractivity contribution in [1.82, 2.24) is 19.5 Å². The molecule has 7 nitrogen and oxygen atoms in total. The summed E-state index contributed by atoms with van der Waals surface area (Å²) in [5, 5.41) is 1.06. The van der Waals surface area contributed by atoms with Gasteiger partial charge in [0.05, 0.1) is 6.61 Å². The largest absolute Gasteiger partial charge is 0.492 e. The normalized spacial score (nSPS) is 16.2. The number of hydrogen-bond donors (Lipinski definition) is 1. The van der Waals surface area contributed by atoms with E-state index in [1.807, 2.05) is 32.0 Å². The Balaban J connectivity index is 1.45. The van der Waals surface area contributed by atoms with E-state index in [1.165, 1.54) is 11.8 Å². The van der Waals surface area contributed by atoms with Crippen molar-refractivity contribution in [1.29, 1.82) is 0 Å². The third-order valence-corrected chi connectivity index (χ3v) is 6.54. The Bertz CT molecular complexity index is 1220. The second kappa shape index (κ2) is 7.58. The lowest BCUT2D eigenvalue weighted by atomic mass is 10.1. The first-order valence-corrected chi connectivity index (χ1v) is 11.4. The van der Waals surface area contributed by atoms with E-state index in [1.54, 1.807) is 4.57 Å². The number of aryl methyl sites for hydroxylation is 2. The van der Waals surface area contributed by atoms with E-state index in [4.69, 9.17) is 9.72 Å². The van der Waals surface area contributed by atoms with E-state index in [9.17, 15) is 9.59 Å². The van der Waals surface area contributed by atoms with Gasteiger partial charge in [0.1, 0.15) is 22.0 Å². The highest BCUT2D eigenvalue weighted by molar-refractivity contribution is 7.99. The Morgan fingerprint density at radius 3 is 2.53 bits per heavy atom. The minimum absolute atomic E-state index is 0.129. The fourth-order valence-electron chi connectivity index (χ4n) is 3.74. The Hall–Kier alpha value is -2.61. The number of thioether (sulfide) groups is 1. The summed E-state index contributed by atoms with van der Waals surface area (Å²) in [7, 11) is 0. The van der Waals surface area contributed by atoms with Gasteiger partial charge in [0.25, 0.3) is 5.56 Å². The molecule has 8 heteroatoms. The van der Waals surface area contributed by atoms with Gasteiger partial charge >= 0.3 is 5.69 Å². The van der Waals surface area contributed by atoms with Gasteiger partial charge in [0.15, 0.2) is 5.65 Å². The molecule has 0 amide bonds. The fourth-order valence-corrected chi connectivity index (χ4v) is 4.59. The molecule has 3 aromatic rings. The van der Waals surface area contributed by atoms with Gasteiger partial charge in [-0.15, -0.1) is 11.8 Å². The zero-order valence-corrected chi connectivity index (χ0v) is 17.9. The lowest BCUT2D eigenvalue weighted by Crippen LogP contribution is -2.31. The first kappa shape index (κ1) is 19.4. The Labute approximate surface area is 177 Å². The molecule has 1 N–H and O–H groups in total. The van der Waals surface area contributed by atoms with Crippen LogP contribution in [0.1, 0.15) is 54.6 Å². The Kier molecular flexibility index (Phi) is 4.89. The summed E-state index contributed by atoms with van der Waals surface area (Å²) in [5.41, 5.74) is 1.92. The number of aromatic amines is 1. The van der Waals surface area contributed by atoms with Crippen LogP contribution in [-0.4, -0.2) is 31.9 Å². The van der Waals surface area contributed by atoms with E-state index in [-0.39, 0.29) is 11.7 Å². The lowest BCUT2D eigenvalue weighted by Gasteiger charge is -2.13. The molecular weight excluding hydrogens is 400 g/mol. The summed E-state index contributed by atoms with van der Waals surface area (Å²) in [5.74, 6) is 2.64. The predicted octanol–water partition coefficient (Wildman–Crippen LogP) is 3.48. The molecule has 156 valence electrons. The van der Waals surface area contributed by atoms with Gasteiger partial charge in [-0.3, -0.25) is 14.3 Å². The molecule has 1 aromatic carbocycles. The predicted molar refractivity (Wildman–Crippen MR) is 117 cm³/mol. The molecule has 0 aliphatic heterocycles. The molecule has 0 atom stereocenters. The molecule has 2 aliphatic carbocycles. The summed E-state index contributed by atoms with van der Waals surface area (Å²) in [6, 6.07) is 6.21. The maximum Gasteiger partial charge on any atom is 0.330 e. The number of benzene rings is 1. The summed E-state index contributed by atoms with van der Waals surface area (Å²) >= 11 is 1.49. The van der Waals surface area contributed by atoms with Gasteiger partial charge in [-0.05, 0) is 50.7 Å². The van der Waals surface area contributed by atoms with Crippen LogP contribution in [0.15, 0.2) is 32.8 Å². The molecule has 0 bridgehead atoms. The number of nitrogens with zero attached hydrogens (tertiary/aromatic N) is 3. The molecule has 0 unspecified atom stereocenters. The molecule has 2 fully saturated rings. The van der Waals surface area contributed by atoms with Crippen LogP contribution in [0.25, 0.3) is 11.0 Å². The van der Waals surface area contributed by atoms with Crippen molar-refractivity contribution in [3.63, 3.8) is 0 Å². The van der Waals surface area contributed by atoms with Crippen LogP contribution in [0.3, 0.4) is 0 Å². The Morgan fingerprint density at radius 1 is 1.13 bits per heavy atom. The maximum absolute atomic E-state index is 12.7. The van der Waals surface area contributed by atoms with Gasteiger partial charge in [-0.2, -0.15) is 0 Å². The maximum atomic E-state index is 12.7. The SMILES string of the molecule is Cc1cccc(C)c1OCCSc1nc(C2CC2)nc2c1c(=O)[nH]c(=O)n2C1CC1. The van der Waals surface area contributed by atoms with Crippen molar-refractivity contribution in [3.8, 4) is 5.75 Å². The van der Waals surface area contributed by atoms with Crippen molar-refractivity contribution < 1.29 is 4.74 Å². The van der Waals surface area contributed by atoms with Crippen LogP contribution in [0.2, 0.25) is 0 Å². The molecule has 5 rings (SSSR count). The molecule has 0 spiro atoms. The third kappa shape index (κ3) is 3.64. The van der Waals surface area contributed by atoms with Crippen LogP contribution in [0.5, 0.6) is 5.75 Å². The quantitative estimate of drug-likeness (QED) is 0.355. The molecule has 0 radical (unpaired) electrons. The van der Waals surface area contributed by atoms with Crippen LogP contribution in [0, 0.1) is 13.8 Å². The van der Waals surface area contributed by atoms with E-state index in [2.05, 4.69) is 9.97 Å². The highest BCUT2D eigenvalue weighted by atomic mass is 32.2. The van der Waals surface area contributed by atoms with E-state index in [0.717, 1.165) is 48.4 Å². The van der Waals surface area contributed by atoms with Gasteiger partial charge < -0.3 is 4.74 Å². The molecule has 2 aromatic heterocycles. The van der Waals surface area contributed by atoms with Crippen molar-refractivity contribution in [2.24, 2.45) is 0 Å². The lowest BCUT2D eigenvalue weighted by molar-refractivity contribution is 0.339. The fraction of sp³-hybridized carbons (Fsp3) is 0.455. The smallest absolute Gasteiger partial charge is 0.330 e. The average molecular weight is 425 g/mol. The number of hydrogen-bond acceptors (Lipinski definition) is 6. The zero-order chi connectivity index (χ0) is 20.8. The van der Waals surface area contributed by atoms with E-state index in [0.29, 0.717) is 34.3 Å². The highest BCUT2D eigenvalue weighted by Crippen LogP contribution is 2.40. The second-order valence-electron chi connectivity index (χ2n) is 8.14. The van der Waals surface area contributed by atoms with Crippen molar-refractivity contribution in [3.05, 3.63) is 56.0 Å². The zero-order valence-electron chi connectivity index (χ0n) is 17.1. The minimum Gasteiger partial charge on any atom is -0.492 e. The number of fused-ring (bicyclic) bond motifs is 1. The van der Waals surface area contributed by atoms with E-state index < -0.39 is 5.56 Å². The highest BCUT2D eigenvalue weighted by Gasteiger charge is 2.32.